The summed E-state index contributed by atoms with van der Waals surface area (Å²) in [5, 5.41) is 2.88. The van der Waals surface area contributed by atoms with Gasteiger partial charge in [-0.25, -0.2) is 4.79 Å². The van der Waals surface area contributed by atoms with Gasteiger partial charge in [-0.2, -0.15) is 0 Å². The lowest BCUT2D eigenvalue weighted by Gasteiger charge is -2.17. The van der Waals surface area contributed by atoms with Crippen LogP contribution in [0.4, 0.5) is 10.5 Å². The van der Waals surface area contributed by atoms with Crippen LogP contribution < -0.4 is 16.2 Å². The van der Waals surface area contributed by atoms with Gasteiger partial charge in [0, 0.05) is 11.4 Å². The van der Waals surface area contributed by atoms with Crippen LogP contribution >= 0.6 is 0 Å². The summed E-state index contributed by atoms with van der Waals surface area (Å²) in [5.74, 6) is 0. The standard InChI is InChI=1S/C15H21N3O/c1-11-7-6-8-12(2)14(11)16-15(19)18-17-13-9-4-3-5-10-13/h6-9,17H,3-5,10H2,1-2H3,(H2,16,18,19). The molecule has 0 saturated carbocycles. The summed E-state index contributed by atoms with van der Waals surface area (Å²) < 4.78 is 0. The number of aryl methyl sites for hydroxylation is 2. The fraction of sp³-hybridized carbons (Fsp3) is 0.400. The molecule has 4 heteroatoms. The molecule has 1 aliphatic carbocycles. The Bertz CT molecular complexity index is 474. The van der Waals surface area contributed by atoms with Crippen LogP contribution in [0, 0.1) is 13.8 Å². The molecule has 1 aliphatic rings. The van der Waals surface area contributed by atoms with Crippen LogP contribution in [0.25, 0.3) is 0 Å². The van der Waals surface area contributed by atoms with Crippen molar-refractivity contribution >= 4 is 11.7 Å². The first-order valence-electron chi connectivity index (χ1n) is 6.75. The van der Waals surface area contributed by atoms with E-state index in [9.17, 15) is 4.79 Å². The van der Waals surface area contributed by atoms with Crippen molar-refractivity contribution < 1.29 is 4.79 Å². The van der Waals surface area contributed by atoms with Gasteiger partial charge in [0.2, 0.25) is 0 Å². The fourth-order valence-corrected chi connectivity index (χ4v) is 2.25. The molecule has 102 valence electrons. The van der Waals surface area contributed by atoms with E-state index in [1.165, 1.54) is 12.8 Å². The van der Waals surface area contributed by atoms with E-state index in [1.54, 1.807) is 0 Å². The molecule has 0 radical (unpaired) electrons. The van der Waals surface area contributed by atoms with E-state index in [-0.39, 0.29) is 6.03 Å². The number of amides is 2. The van der Waals surface area contributed by atoms with Crippen molar-refractivity contribution in [3.8, 4) is 0 Å². The van der Waals surface area contributed by atoms with E-state index >= 15 is 0 Å². The molecular weight excluding hydrogens is 238 g/mol. The van der Waals surface area contributed by atoms with Gasteiger partial charge in [-0.05, 0) is 50.7 Å². The zero-order valence-corrected chi connectivity index (χ0v) is 11.5. The van der Waals surface area contributed by atoms with Crippen LogP contribution in [0.3, 0.4) is 0 Å². The van der Waals surface area contributed by atoms with Gasteiger partial charge in [-0.15, -0.1) is 0 Å². The molecule has 0 bridgehead atoms. The normalized spacial score (nSPS) is 14.5. The van der Waals surface area contributed by atoms with Gasteiger partial charge in [0.1, 0.15) is 0 Å². The van der Waals surface area contributed by atoms with Gasteiger partial charge in [0.25, 0.3) is 0 Å². The molecule has 1 aromatic carbocycles. The Morgan fingerprint density at radius 2 is 1.89 bits per heavy atom. The summed E-state index contributed by atoms with van der Waals surface area (Å²) in [6.45, 7) is 3.97. The van der Waals surface area contributed by atoms with E-state index in [1.807, 2.05) is 32.0 Å². The molecule has 0 saturated heterocycles. The van der Waals surface area contributed by atoms with Crippen molar-refractivity contribution in [2.45, 2.75) is 39.5 Å². The minimum absolute atomic E-state index is 0.233. The van der Waals surface area contributed by atoms with Gasteiger partial charge < -0.3 is 10.7 Å². The van der Waals surface area contributed by atoms with Crippen LogP contribution in [0.2, 0.25) is 0 Å². The molecule has 3 N–H and O–H groups in total. The number of carbonyl (C=O) groups is 1. The highest BCUT2D eigenvalue weighted by Crippen LogP contribution is 2.19. The van der Waals surface area contributed by atoms with Crippen molar-refractivity contribution in [1.82, 2.24) is 10.9 Å². The second-order valence-electron chi connectivity index (χ2n) is 4.95. The topological polar surface area (TPSA) is 53.2 Å². The summed E-state index contributed by atoms with van der Waals surface area (Å²) >= 11 is 0. The Hall–Kier alpha value is -1.97. The first-order chi connectivity index (χ1) is 9.16. The highest BCUT2D eigenvalue weighted by Gasteiger charge is 2.08. The molecule has 0 unspecified atom stereocenters. The van der Waals surface area contributed by atoms with Crippen molar-refractivity contribution in [2.24, 2.45) is 0 Å². The van der Waals surface area contributed by atoms with Crippen molar-refractivity contribution in [1.29, 1.82) is 0 Å². The maximum atomic E-state index is 11.8. The number of benzene rings is 1. The smallest absolute Gasteiger partial charge is 0.306 e. The molecule has 2 rings (SSSR count). The summed E-state index contributed by atoms with van der Waals surface area (Å²) in [4.78, 5) is 11.8. The Balaban J connectivity index is 1.89. The minimum atomic E-state index is -0.233. The molecule has 0 heterocycles. The predicted molar refractivity (Wildman–Crippen MR) is 77.8 cm³/mol. The Morgan fingerprint density at radius 1 is 1.16 bits per heavy atom. The maximum absolute atomic E-state index is 11.8. The number of nitrogens with one attached hydrogen (secondary N) is 3. The lowest BCUT2D eigenvalue weighted by Crippen LogP contribution is -2.40. The Kier molecular flexibility index (Phi) is 4.44. The average molecular weight is 259 g/mol. The summed E-state index contributed by atoms with van der Waals surface area (Å²) in [6.07, 6.45) is 6.65. The number of allylic oxidation sites excluding steroid dienone is 2. The summed E-state index contributed by atoms with van der Waals surface area (Å²) in [7, 11) is 0. The largest absolute Gasteiger partial charge is 0.337 e. The third-order valence-electron chi connectivity index (χ3n) is 3.35. The third-order valence-corrected chi connectivity index (χ3v) is 3.35. The first-order valence-corrected chi connectivity index (χ1v) is 6.75. The van der Waals surface area contributed by atoms with Gasteiger partial charge in [-0.3, -0.25) is 5.43 Å². The van der Waals surface area contributed by atoms with Crippen LogP contribution in [-0.2, 0) is 0 Å². The molecule has 19 heavy (non-hydrogen) atoms. The van der Waals surface area contributed by atoms with Crippen molar-refractivity contribution in [2.75, 3.05) is 5.32 Å². The quantitative estimate of drug-likeness (QED) is 0.729. The number of rotatable bonds is 3. The van der Waals surface area contributed by atoms with Crippen LogP contribution in [0.15, 0.2) is 30.0 Å². The number of hydrazine groups is 1. The summed E-state index contributed by atoms with van der Waals surface area (Å²) in [6, 6.07) is 5.72. The van der Waals surface area contributed by atoms with Crippen LogP contribution in [0.5, 0.6) is 0 Å². The number of hydrogen-bond donors (Lipinski definition) is 3. The van der Waals surface area contributed by atoms with Gasteiger partial charge in [-0.1, -0.05) is 24.3 Å². The molecule has 1 aromatic rings. The molecule has 0 atom stereocenters. The number of hydrogen-bond acceptors (Lipinski definition) is 2. The molecule has 0 fully saturated rings. The van der Waals surface area contributed by atoms with Gasteiger partial charge in [0.15, 0.2) is 0 Å². The number of para-hydroxylation sites is 1. The van der Waals surface area contributed by atoms with E-state index < -0.39 is 0 Å². The lowest BCUT2D eigenvalue weighted by atomic mass is 10.1. The first kappa shape index (κ1) is 13.5. The molecule has 0 aliphatic heterocycles. The third kappa shape index (κ3) is 3.74. The minimum Gasteiger partial charge on any atom is -0.306 e. The second kappa shape index (κ2) is 6.27. The van der Waals surface area contributed by atoms with Crippen LogP contribution in [-0.4, -0.2) is 6.03 Å². The maximum Gasteiger partial charge on any atom is 0.337 e. The van der Waals surface area contributed by atoms with Gasteiger partial charge in [0.05, 0.1) is 0 Å². The zero-order valence-electron chi connectivity index (χ0n) is 11.5. The molecule has 0 aromatic heterocycles. The van der Waals surface area contributed by atoms with E-state index in [4.69, 9.17) is 0 Å². The Morgan fingerprint density at radius 3 is 2.53 bits per heavy atom. The molecule has 4 nitrogen and oxygen atoms in total. The van der Waals surface area contributed by atoms with Crippen molar-refractivity contribution in [3.63, 3.8) is 0 Å². The monoisotopic (exact) mass is 259 g/mol. The molecular formula is C15H21N3O. The van der Waals surface area contributed by atoms with E-state index in [2.05, 4.69) is 22.2 Å². The number of carbonyl (C=O) groups excluding carboxylic acids is 1. The SMILES string of the molecule is Cc1cccc(C)c1NC(=O)NNC1=CCCCC1. The lowest BCUT2D eigenvalue weighted by molar-refractivity contribution is 0.249. The second-order valence-corrected chi connectivity index (χ2v) is 4.95. The number of urea groups is 1. The van der Waals surface area contributed by atoms with Gasteiger partial charge >= 0.3 is 6.03 Å². The van der Waals surface area contributed by atoms with E-state index in [0.29, 0.717) is 0 Å². The average Bonchev–Trinajstić information content (AvgIpc) is 2.42. The number of anilines is 1. The highest BCUT2D eigenvalue weighted by molar-refractivity contribution is 5.90. The summed E-state index contributed by atoms with van der Waals surface area (Å²) in [5.41, 5.74) is 9.77. The highest BCUT2D eigenvalue weighted by atomic mass is 16.2. The molecule has 0 spiro atoms. The predicted octanol–water partition coefficient (Wildman–Crippen LogP) is 3.39. The fourth-order valence-electron chi connectivity index (χ4n) is 2.25. The van der Waals surface area contributed by atoms with Crippen molar-refractivity contribution in [3.05, 3.63) is 41.1 Å². The Labute approximate surface area is 114 Å². The molecule has 2 amide bonds. The van der Waals surface area contributed by atoms with E-state index in [0.717, 1.165) is 35.4 Å². The van der Waals surface area contributed by atoms with Crippen LogP contribution in [0.1, 0.15) is 36.8 Å². The zero-order chi connectivity index (χ0) is 13.7.